The van der Waals surface area contributed by atoms with Gasteiger partial charge >= 0.3 is 0 Å². The molecule has 56 valence electrons. The summed E-state index contributed by atoms with van der Waals surface area (Å²) < 4.78 is 0. The lowest BCUT2D eigenvalue weighted by atomic mass is 10.2. The van der Waals surface area contributed by atoms with Gasteiger partial charge in [-0.1, -0.05) is 0 Å². The minimum atomic E-state index is -0.459. The van der Waals surface area contributed by atoms with Crippen LogP contribution in [-0.4, -0.2) is 18.0 Å². The highest BCUT2D eigenvalue weighted by Gasteiger charge is 2.10. The van der Waals surface area contributed by atoms with Gasteiger partial charge in [-0.2, -0.15) is 15.8 Å². The summed E-state index contributed by atoms with van der Waals surface area (Å²) in [6, 6.07) is 3.41. The third-order valence-electron chi connectivity index (χ3n) is 1.30. The van der Waals surface area contributed by atoms with E-state index in [-0.39, 0.29) is 0 Å². The maximum Gasteiger partial charge on any atom is 0.180 e. The van der Waals surface area contributed by atoms with E-state index in [0.717, 1.165) is 0 Å². The first-order valence-corrected chi connectivity index (χ1v) is 3.15. The van der Waals surface area contributed by atoms with Crippen molar-refractivity contribution in [1.82, 2.24) is 4.90 Å². The Morgan fingerprint density at radius 3 is 2.36 bits per heavy atom. The lowest BCUT2D eigenvalue weighted by molar-refractivity contribution is 0.391. The van der Waals surface area contributed by atoms with Crippen LogP contribution in [0, 0.1) is 34.1 Å². The quantitative estimate of drug-likeness (QED) is 0.433. The Morgan fingerprint density at radius 1 is 1.36 bits per heavy atom. The molecule has 0 aliphatic heterocycles. The molecule has 1 unspecified atom stereocenters. The molecule has 4 heteroatoms. The van der Waals surface area contributed by atoms with Crippen LogP contribution < -0.4 is 0 Å². The van der Waals surface area contributed by atoms with Crippen LogP contribution in [0.2, 0.25) is 0 Å². The Bertz CT molecular complexity index is 226. The highest BCUT2D eigenvalue weighted by Crippen LogP contribution is 2.01. The Labute approximate surface area is 65.9 Å². The zero-order valence-corrected chi connectivity index (χ0v) is 6.28. The molecular weight excluding hydrogens is 140 g/mol. The van der Waals surface area contributed by atoms with Crippen molar-refractivity contribution >= 4 is 0 Å². The Kier molecular flexibility index (Phi) is 4.29. The molecule has 1 atom stereocenters. The second-order valence-corrected chi connectivity index (χ2v) is 2.05. The number of nitriles is 3. The summed E-state index contributed by atoms with van der Waals surface area (Å²) in [5, 5.41) is 25.1. The maximum absolute atomic E-state index is 8.50. The van der Waals surface area contributed by atoms with Gasteiger partial charge in [0.2, 0.25) is 0 Å². The highest BCUT2D eigenvalue weighted by atomic mass is 15.1. The smallest absolute Gasteiger partial charge is 0.180 e. The van der Waals surface area contributed by atoms with Gasteiger partial charge in [-0.3, -0.25) is 4.90 Å². The molecule has 0 fully saturated rings. The summed E-state index contributed by atoms with van der Waals surface area (Å²) >= 11 is 0. The molecule has 0 spiro atoms. The van der Waals surface area contributed by atoms with Crippen molar-refractivity contribution in [1.29, 1.82) is 15.8 Å². The molecule has 0 saturated heterocycles. The number of rotatable bonds is 3. The minimum Gasteiger partial charge on any atom is -0.297 e. The predicted molar refractivity (Wildman–Crippen MR) is 37.6 cm³/mol. The van der Waals surface area contributed by atoms with Crippen LogP contribution in [0.4, 0.5) is 0 Å². The third kappa shape index (κ3) is 3.08. The summed E-state index contributed by atoms with van der Waals surface area (Å²) in [7, 11) is 1.53. The Morgan fingerprint density at radius 2 is 2.00 bits per heavy atom. The first-order chi connectivity index (χ1) is 5.26. The van der Waals surface area contributed by atoms with Crippen molar-refractivity contribution in [3.05, 3.63) is 0 Å². The average molecular weight is 148 g/mol. The topological polar surface area (TPSA) is 74.6 Å². The molecule has 0 aliphatic rings. The van der Waals surface area contributed by atoms with E-state index in [1.165, 1.54) is 11.9 Å². The van der Waals surface area contributed by atoms with Crippen molar-refractivity contribution in [2.24, 2.45) is 0 Å². The van der Waals surface area contributed by atoms with Crippen molar-refractivity contribution in [3.8, 4) is 18.3 Å². The zero-order chi connectivity index (χ0) is 8.69. The van der Waals surface area contributed by atoms with Gasteiger partial charge in [0.25, 0.3) is 0 Å². The van der Waals surface area contributed by atoms with Crippen LogP contribution >= 0.6 is 0 Å². The van der Waals surface area contributed by atoms with Gasteiger partial charge < -0.3 is 0 Å². The monoisotopic (exact) mass is 148 g/mol. The van der Waals surface area contributed by atoms with Gasteiger partial charge in [0.05, 0.1) is 12.1 Å². The summed E-state index contributed by atoms with van der Waals surface area (Å²) in [5.74, 6) is 0. The van der Waals surface area contributed by atoms with E-state index in [0.29, 0.717) is 12.8 Å². The summed E-state index contributed by atoms with van der Waals surface area (Å²) in [6.45, 7) is 0. The standard InChI is InChI=1S/C7H8N4/c1-11(6-10)7(5-9)3-2-4-8/h7H,2-3H2,1H3. The van der Waals surface area contributed by atoms with E-state index in [1.54, 1.807) is 0 Å². The summed E-state index contributed by atoms with van der Waals surface area (Å²) in [4.78, 5) is 1.25. The summed E-state index contributed by atoms with van der Waals surface area (Å²) in [6.07, 6.45) is 2.56. The fourth-order valence-corrected chi connectivity index (χ4v) is 0.616. The summed E-state index contributed by atoms with van der Waals surface area (Å²) in [5.41, 5.74) is 0. The molecule has 11 heavy (non-hydrogen) atoms. The molecule has 0 bridgehead atoms. The van der Waals surface area contributed by atoms with Gasteiger partial charge in [0, 0.05) is 13.5 Å². The molecule has 0 aromatic heterocycles. The van der Waals surface area contributed by atoms with E-state index < -0.39 is 6.04 Å². The third-order valence-corrected chi connectivity index (χ3v) is 1.30. The van der Waals surface area contributed by atoms with Gasteiger partial charge in [0.1, 0.15) is 6.04 Å². The molecular formula is C7H8N4. The molecule has 0 aliphatic carbocycles. The second-order valence-electron chi connectivity index (χ2n) is 2.05. The van der Waals surface area contributed by atoms with Crippen molar-refractivity contribution in [2.75, 3.05) is 7.05 Å². The number of nitrogens with zero attached hydrogens (tertiary/aromatic N) is 4. The van der Waals surface area contributed by atoms with E-state index >= 15 is 0 Å². The van der Waals surface area contributed by atoms with E-state index in [2.05, 4.69) is 0 Å². The normalized spacial score (nSPS) is 10.4. The average Bonchev–Trinajstić information content (AvgIpc) is 2.05. The SMILES string of the molecule is CN(C#N)C(C#N)CCC#N. The van der Waals surface area contributed by atoms with Crippen LogP contribution in [0.5, 0.6) is 0 Å². The van der Waals surface area contributed by atoms with Crippen LogP contribution in [0.1, 0.15) is 12.8 Å². The number of hydrogen-bond donors (Lipinski definition) is 0. The Balaban J connectivity index is 3.92. The van der Waals surface area contributed by atoms with Crippen molar-refractivity contribution in [3.63, 3.8) is 0 Å². The largest absolute Gasteiger partial charge is 0.297 e. The fourth-order valence-electron chi connectivity index (χ4n) is 0.616. The maximum atomic E-state index is 8.50. The van der Waals surface area contributed by atoms with Crippen molar-refractivity contribution in [2.45, 2.75) is 18.9 Å². The molecule has 0 amide bonds. The Hall–Kier alpha value is -1.73. The zero-order valence-electron chi connectivity index (χ0n) is 6.28. The minimum absolute atomic E-state index is 0.310. The molecule has 0 rings (SSSR count). The van der Waals surface area contributed by atoms with Crippen LogP contribution in [-0.2, 0) is 0 Å². The van der Waals surface area contributed by atoms with Crippen LogP contribution in [0.25, 0.3) is 0 Å². The van der Waals surface area contributed by atoms with E-state index in [4.69, 9.17) is 15.8 Å². The van der Waals surface area contributed by atoms with Crippen LogP contribution in [0.15, 0.2) is 0 Å². The second kappa shape index (κ2) is 5.09. The van der Waals surface area contributed by atoms with E-state index in [9.17, 15) is 0 Å². The van der Waals surface area contributed by atoms with Gasteiger partial charge in [-0.25, -0.2) is 0 Å². The molecule has 4 nitrogen and oxygen atoms in total. The molecule has 0 saturated carbocycles. The van der Waals surface area contributed by atoms with Crippen LogP contribution in [0.3, 0.4) is 0 Å². The molecule has 0 aromatic carbocycles. The highest BCUT2D eigenvalue weighted by molar-refractivity contribution is 4.96. The lowest BCUT2D eigenvalue weighted by Crippen LogP contribution is -2.25. The fraction of sp³-hybridized carbons (Fsp3) is 0.571. The molecule has 0 heterocycles. The number of hydrogen-bond acceptors (Lipinski definition) is 4. The molecule has 0 N–H and O–H groups in total. The predicted octanol–water partition coefficient (Wildman–Crippen LogP) is 0.595. The van der Waals surface area contributed by atoms with E-state index in [1.807, 2.05) is 18.3 Å². The molecule has 0 radical (unpaired) electrons. The first kappa shape index (κ1) is 9.27. The van der Waals surface area contributed by atoms with Gasteiger partial charge in [-0.15, -0.1) is 0 Å². The lowest BCUT2D eigenvalue weighted by Gasteiger charge is -2.13. The van der Waals surface area contributed by atoms with Crippen molar-refractivity contribution < 1.29 is 0 Å². The van der Waals surface area contributed by atoms with Gasteiger partial charge in [-0.05, 0) is 6.42 Å². The first-order valence-electron chi connectivity index (χ1n) is 3.15. The van der Waals surface area contributed by atoms with Gasteiger partial charge in [0.15, 0.2) is 6.19 Å². The molecule has 0 aromatic rings.